The van der Waals surface area contributed by atoms with Crippen LogP contribution in [0.1, 0.15) is 36.6 Å². The van der Waals surface area contributed by atoms with Gasteiger partial charge in [0.1, 0.15) is 0 Å². The summed E-state index contributed by atoms with van der Waals surface area (Å²) >= 11 is 0. The lowest BCUT2D eigenvalue weighted by atomic mass is 10.00. The second-order valence-corrected chi connectivity index (χ2v) is 4.34. The van der Waals surface area contributed by atoms with Crippen molar-refractivity contribution in [3.63, 3.8) is 0 Å². The summed E-state index contributed by atoms with van der Waals surface area (Å²) in [6.07, 6.45) is -0.294. The number of aliphatic hydroxyl groups excluding tert-OH is 1. The van der Waals surface area contributed by atoms with E-state index >= 15 is 0 Å². The highest BCUT2D eigenvalue weighted by Gasteiger charge is 2.08. The lowest BCUT2D eigenvalue weighted by molar-refractivity contribution is 0.187. The molecule has 0 fully saturated rings. The third-order valence-electron chi connectivity index (χ3n) is 2.62. The summed E-state index contributed by atoms with van der Waals surface area (Å²) in [4.78, 5) is 0. The summed E-state index contributed by atoms with van der Waals surface area (Å²) in [6, 6.07) is 6.76. The lowest BCUT2D eigenvalue weighted by Gasteiger charge is -2.18. The largest absolute Gasteiger partial charge is 0.392 e. The van der Waals surface area contributed by atoms with Gasteiger partial charge < -0.3 is 10.4 Å². The fraction of sp³-hybridized carbons (Fsp3) is 0.538. The minimum Gasteiger partial charge on any atom is -0.392 e. The van der Waals surface area contributed by atoms with E-state index in [2.05, 4.69) is 44.3 Å². The summed E-state index contributed by atoms with van der Waals surface area (Å²) in [5.74, 6) is 0. The van der Waals surface area contributed by atoms with Crippen LogP contribution < -0.4 is 5.32 Å². The molecule has 0 saturated carbocycles. The molecule has 2 nitrogen and oxygen atoms in total. The second kappa shape index (κ2) is 5.29. The Bertz CT molecular complexity index is 320. The van der Waals surface area contributed by atoms with E-state index in [1.807, 2.05) is 0 Å². The van der Waals surface area contributed by atoms with Gasteiger partial charge in [-0.3, -0.25) is 0 Å². The summed E-state index contributed by atoms with van der Waals surface area (Å²) in [7, 11) is 0. The van der Waals surface area contributed by atoms with Crippen LogP contribution in [0.4, 0.5) is 0 Å². The lowest BCUT2D eigenvalue weighted by Crippen LogP contribution is -2.27. The van der Waals surface area contributed by atoms with E-state index in [9.17, 15) is 5.11 Å². The van der Waals surface area contributed by atoms with Crippen molar-refractivity contribution in [2.75, 3.05) is 6.54 Å². The molecule has 1 aromatic carbocycles. The Labute approximate surface area is 92.3 Å². The predicted molar refractivity (Wildman–Crippen MR) is 64.0 cm³/mol. The monoisotopic (exact) mass is 207 g/mol. The maximum Gasteiger partial charge on any atom is 0.0636 e. The van der Waals surface area contributed by atoms with Gasteiger partial charge in [0, 0.05) is 12.6 Å². The van der Waals surface area contributed by atoms with Crippen molar-refractivity contribution in [2.45, 2.75) is 39.8 Å². The van der Waals surface area contributed by atoms with Crippen molar-refractivity contribution in [1.29, 1.82) is 0 Å². The van der Waals surface area contributed by atoms with Crippen molar-refractivity contribution < 1.29 is 5.11 Å². The first-order valence-corrected chi connectivity index (χ1v) is 5.49. The molecule has 1 unspecified atom stereocenters. The fourth-order valence-electron chi connectivity index (χ4n) is 1.68. The van der Waals surface area contributed by atoms with Crippen LogP contribution in [-0.4, -0.2) is 17.8 Å². The highest BCUT2D eigenvalue weighted by atomic mass is 16.3. The minimum absolute atomic E-state index is 0.291. The number of aliphatic hydroxyl groups is 1. The second-order valence-electron chi connectivity index (χ2n) is 4.34. The van der Waals surface area contributed by atoms with Crippen LogP contribution in [0.15, 0.2) is 18.2 Å². The maximum absolute atomic E-state index is 9.21. The van der Waals surface area contributed by atoms with Gasteiger partial charge in [0.05, 0.1) is 6.10 Å². The Kier molecular flexibility index (Phi) is 4.30. The molecule has 84 valence electrons. The van der Waals surface area contributed by atoms with Crippen molar-refractivity contribution in [2.24, 2.45) is 0 Å². The van der Waals surface area contributed by atoms with Crippen molar-refractivity contribution in [1.82, 2.24) is 5.32 Å². The molecular formula is C13H21NO. The molecule has 0 aliphatic rings. The van der Waals surface area contributed by atoms with E-state index in [1.165, 1.54) is 16.7 Å². The van der Waals surface area contributed by atoms with Gasteiger partial charge >= 0.3 is 0 Å². The molecule has 0 heterocycles. The van der Waals surface area contributed by atoms with Gasteiger partial charge in [0.15, 0.2) is 0 Å². The topological polar surface area (TPSA) is 32.3 Å². The first-order valence-electron chi connectivity index (χ1n) is 5.49. The maximum atomic E-state index is 9.21. The highest BCUT2D eigenvalue weighted by molar-refractivity contribution is 5.32. The SMILES string of the molecule is Cc1ccc(C)c(C(C)NC[C@H](C)O)c1. The number of benzene rings is 1. The number of nitrogens with one attached hydrogen (secondary N) is 1. The molecule has 0 aliphatic heterocycles. The van der Waals surface area contributed by atoms with Gasteiger partial charge in [0.2, 0.25) is 0 Å². The van der Waals surface area contributed by atoms with Gasteiger partial charge in [-0.2, -0.15) is 0 Å². The zero-order valence-corrected chi connectivity index (χ0v) is 10.0. The van der Waals surface area contributed by atoms with E-state index in [1.54, 1.807) is 6.92 Å². The van der Waals surface area contributed by atoms with Crippen molar-refractivity contribution in [3.8, 4) is 0 Å². The first kappa shape index (κ1) is 12.2. The van der Waals surface area contributed by atoms with Gasteiger partial charge in [-0.05, 0) is 38.8 Å². The molecule has 0 radical (unpaired) electrons. The van der Waals surface area contributed by atoms with Crippen LogP contribution in [0.2, 0.25) is 0 Å². The summed E-state index contributed by atoms with van der Waals surface area (Å²) in [5.41, 5.74) is 3.89. The van der Waals surface area contributed by atoms with Crippen molar-refractivity contribution in [3.05, 3.63) is 34.9 Å². The summed E-state index contributed by atoms with van der Waals surface area (Å²) in [5, 5.41) is 12.5. The molecule has 2 heteroatoms. The van der Waals surface area contributed by atoms with E-state index < -0.39 is 0 Å². The number of hydrogen-bond donors (Lipinski definition) is 2. The van der Waals surface area contributed by atoms with E-state index in [0.29, 0.717) is 12.6 Å². The number of hydrogen-bond acceptors (Lipinski definition) is 2. The van der Waals surface area contributed by atoms with Crippen LogP contribution in [0.5, 0.6) is 0 Å². The van der Waals surface area contributed by atoms with Crippen molar-refractivity contribution >= 4 is 0 Å². The Balaban J connectivity index is 2.72. The Morgan fingerprint density at radius 3 is 2.53 bits per heavy atom. The van der Waals surface area contributed by atoms with Gasteiger partial charge in [-0.25, -0.2) is 0 Å². The van der Waals surface area contributed by atoms with Crippen LogP contribution in [-0.2, 0) is 0 Å². The smallest absolute Gasteiger partial charge is 0.0636 e. The standard InChI is InChI=1S/C13H21NO/c1-9-5-6-10(2)13(7-9)12(4)14-8-11(3)15/h5-7,11-12,14-15H,8H2,1-4H3/t11-,12?/m0/s1. The van der Waals surface area contributed by atoms with Gasteiger partial charge in [-0.15, -0.1) is 0 Å². The predicted octanol–water partition coefficient (Wildman–Crippen LogP) is 2.33. The third kappa shape index (κ3) is 3.65. The normalized spacial score (nSPS) is 15.0. The molecule has 2 N–H and O–H groups in total. The number of aryl methyl sites for hydroxylation is 2. The molecule has 1 rings (SSSR count). The summed E-state index contributed by atoms with van der Waals surface area (Å²) in [6.45, 7) is 8.78. The zero-order valence-electron chi connectivity index (χ0n) is 10.0. The van der Waals surface area contributed by atoms with Crippen LogP contribution >= 0.6 is 0 Å². The van der Waals surface area contributed by atoms with Gasteiger partial charge in [0.25, 0.3) is 0 Å². The Morgan fingerprint density at radius 2 is 1.93 bits per heavy atom. The van der Waals surface area contributed by atoms with E-state index in [0.717, 1.165) is 0 Å². The molecule has 15 heavy (non-hydrogen) atoms. The highest BCUT2D eigenvalue weighted by Crippen LogP contribution is 2.18. The van der Waals surface area contributed by atoms with Crippen LogP contribution in [0.25, 0.3) is 0 Å². The van der Waals surface area contributed by atoms with E-state index in [4.69, 9.17) is 0 Å². The molecule has 0 aliphatic carbocycles. The molecule has 0 saturated heterocycles. The minimum atomic E-state index is -0.294. The third-order valence-corrected chi connectivity index (χ3v) is 2.62. The van der Waals surface area contributed by atoms with Crippen LogP contribution in [0, 0.1) is 13.8 Å². The van der Waals surface area contributed by atoms with E-state index in [-0.39, 0.29) is 6.10 Å². The van der Waals surface area contributed by atoms with Gasteiger partial charge in [-0.1, -0.05) is 23.8 Å². The molecule has 2 atom stereocenters. The van der Waals surface area contributed by atoms with Crippen LogP contribution in [0.3, 0.4) is 0 Å². The Hall–Kier alpha value is -0.860. The molecule has 1 aromatic rings. The molecular weight excluding hydrogens is 186 g/mol. The zero-order chi connectivity index (χ0) is 11.4. The average Bonchev–Trinajstić information content (AvgIpc) is 2.18. The first-order chi connectivity index (χ1) is 7.00. The average molecular weight is 207 g/mol. The molecule has 0 amide bonds. The summed E-state index contributed by atoms with van der Waals surface area (Å²) < 4.78 is 0. The number of rotatable bonds is 4. The quantitative estimate of drug-likeness (QED) is 0.794. The molecule has 0 spiro atoms. The Morgan fingerprint density at radius 1 is 1.27 bits per heavy atom. The molecule has 0 bridgehead atoms. The molecule has 0 aromatic heterocycles. The fourth-order valence-corrected chi connectivity index (χ4v) is 1.68.